The van der Waals surface area contributed by atoms with Crippen molar-refractivity contribution in [1.29, 1.82) is 0 Å². The van der Waals surface area contributed by atoms with Crippen molar-refractivity contribution in [3.05, 3.63) is 77.8 Å². The van der Waals surface area contributed by atoms with Crippen LogP contribution in [0.4, 0.5) is 11.4 Å². The Balaban J connectivity index is 1.86. The molecule has 3 aromatic rings. The molecule has 1 amide bonds. The third kappa shape index (κ3) is 5.90. The number of carbonyl (C=O) groups excluding carboxylic acids is 1. The van der Waals surface area contributed by atoms with E-state index < -0.39 is 22.5 Å². The molecule has 1 N–H and O–H groups in total. The number of hydrogen-bond donors (Lipinski definition) is 1. The predicted molar refractivity (Wildman–Crippen MR) is 122 cm³/mol. The molecule has 0 radical (unpaired) electrons. The first-order valence-corrected chi connectivity index (χ1v) is 11.4. The maximum absolute atomic E-state index is 12.8. The number of amides is 1. The van der Waals surface area contributed by atoms with Crippen molar-refractivity contribution in [2.75, 3.05) is 29.5 Å². The van der Waals surface area contributed by atoms with Crippen molar-refractivity contribution in [3.8, 4) is 17.2 Å². The molecule has 7 nitrogen and oxygen atoms in total. The van der Waals surface area contributed by atoms with E-state index in [9.17, 15) is 13.2 Å². The second-order valence-electron chi connectivity index (χ2n) is 6.55. The number of benzene rings is 3. The van der Waals surface area contributed by atoms with Crippen LogP contribution >= 0.6 is 11.6 Å². The first-order chi connectivity index (χ1) is 14.8. The van der Waals surface area contributed by atoms with Gasteiger partial charge >= 0.3 is 0 Å². The van der Waals surface area contributed by atoms with E-state index in [1.807, 2.05) is 18.2 Å². The third-order valence-electron chi connectivity index (χ3n) is 4.23. The minimum atomic E-state index is -3.77. The fraction of sp³-hybridized carbons (Fsp3) is 0.136. The SMILES string of the molecule is COc1ccccc1N(CC(=O)Nc1cc(Cl)ccc1Oc1ccccc1)S(C)(=O)=O. The lowest BCUT2D eigenvalue weighted by molar-refractivity contribution is -0.114. The molecule has 0 saturated carbocycles. The third-order valence-corrected chi connectivity index (χ3v) is 5.59. The van der Waals surface area contributed by atoms with E-state index in [1.165, 1.54) is 13.2 Å². The summed E-state index contributed by atoms with van der Waals surface area (Å²) in [6, 6.07) is 20.4. The largest absolute Gasteiger partial charge is 0.495 e. The normalized spacial score (nSPS) is 10.9. The van der Waals surface area contributed by atoms with E-state index in [4.69, 9.17) is 21.1 Å². The highest BCUT2D eigenvalue weighted by Crippen LogP contribution is 2.33. The quantitative estimate of drug-likeness (QED) is 0.533. The van der Waals surface area contributed by atoms with Gasteiger partial charge in [0.15, 0.2) is 5.75 Å². The highest BCUT2D eigenvalue weighted by atomic mass is 35.5. The number of nitrogens with one attached hydrogen (secondary N) is 1. The molecule has 0 aliphatic heterocycles. The zero-order valence-corrected chi connectivity index (χ0v) is 18.5. The van der Waals surface area contributed by atoms with Gasteiger partial charge in [-0.1, -0.05) is 41.9 Å². The van der Waals surface area contributed by atoms with Crippen LogP contribution in [0.15, 0.2) is 72.8 Å². The average molecular weight is 461 g/mol. The van der Waals surface area contributed by atoms with Crippen LogP contribution < -0.4 is 19.1 Å². The topological polar surface area (TPSA) is 84.9 Å². The highest BCUT2D eigenvalue weighted by molar-refractivity contribution is 7.92. The van der Waals surface area contributed by atoms with Crippen molar-refractivity contribution in [2.45, 2.75) is 0 Å². The number of carbonyl (C=O) groups is 1. The first-order valence-electron chi connectivity index (χ1n) is 9.21. The summed E-state index contributed by atoms with van der Waals surface area (Å²) in [7, 11) is -2.34. The molecule has 9 heteroatoms. The maximum Gasteiger partial charge on any atom is 0.245 e. The van der Waals surface area contributed by atoms with E-state index in [0.717, 1.165) is 10.6 Å². The number of anilines is 2. The summed E-state index contributed by atoms with van der Waals surface area (Å²) in [6.07, 6.45) is 1.02. The summed E-state index contributed by atoms with van der Waals surface area (Å²) in [5.74, 6) is 0.701. The molecule has 0 aliphatic carbocycles. The van der Waals surface area contributed by atoms with Crippen LogP contribution in [0.2, 0.25) is 5.02 Å². The second-order valence-corrected chi connectivity index (χ2v) is 8.89. The van der Waals surface area contributed by atoms with Crippen LogP contribution in [-0.4, -0.2) is 34.2 Å². The number of nitrogens with zero attached hydrogens (tertiary/aromatic N) is 1. The zero-order valence-electron chi connectivity index (χ0n) is 16.9. The van der Waals surface area contributed by atoms with Crippen LogP contribution in [0.5, 0.6) is 17.2 Å². The van der Waals surface area contributed by atoms with Crippen molar-refractivity contribution in [1.82, 2.24) is 0 Å². The molecule has 0 fully saturated rings. The summed E-state index contributed by atoms with van der Waals surface area (Å²) >= 11 is 6.09. The Hall–Kier alpha value is -3.23. The first kappa shape index (κ1) is 22.5. The second kappa shape index (κ2) is 9.72. The van der Waals surface area contributed by atoms with Crippen molar-refractivity contribution >= 4 is 38.9 Å². The Morgan fingerprint density at radius 3 is 2.35 bits per heavy atom. The number of sulfonamides is 1. The van der Waals surface area contributed by atoms with Gasteiger partial charge in [0, 0.05) is 5.02 Å². The molecule has 3 rings (SSSR count). The van der Waals surface area contributed by atoms with Gasteiger partial charge in [0.05, 0.1) is 24.7 Å². The standard InChI is InChI=1S/C22H21ClN2O5S/c1-29-21-11-7-6-10-19(21)25(31(2,27)28)15-22(26)24-18-14-16(23)12-13-20(18)30-17-8-4-3-5-9-17/h3-14H,15H2,1-2H3,(H,24,26). The molecule has 0 atom stereocenters. The zero-order chi connectivity index (χ0) is 22.4. The average Bonchev–Trinajstić information content (AvgIpc) is 2.74. The van der Waals surface area contributed by atoms with Crippen LogP contribution in [-0.2, 0) is 14.8 Å². The molecule has 0 aromatic heterocycles. The summed E-state index contributed by atoms with van der Waals surface area (Å²) in [5, 5.41) is 3.08. The highest BCUT2D eigenvalue weighted by Gasteiger charge is 2.24. The molecule has 162 valence electrons. The van der Waals surface area contributed by atoms with Gasteiger partial charge in [-0.15, -0.1) is 0 Å². The van der Waals surface area contributed by atoms with Gasteiger partial charge < -0.3 is 14.8 Å². The van der Waals surface area contributed by atoms with Gasteiger partial charge in [0.2, 0.25) is 15.9 Å². The van der Waals surface area contributed by atoms with Gasteiger partial charge in [0.25, 0.3) is 0 Å². The molecule has 3 aromatic carbocycles. The minimum Gasteiger partial charge on any atom is -0.495 e. The fourth-order valence-corrected chi connectivity index (χ4v) is 3.87. The van der Waals surface area contributed by atoms with Crippen LogP contribution in [0.1, 0.15) is 0 Å². The molecular weight excluding hydrogens is 440 g/mol. The van der Waals surface area contributed by atoms with Crippen LogP contribution in [0.25, 0.3) is 0 Å². The summed E-state index contributed by atoms with van der Waals surface area (Å²) in [4.78, 5) is 12.8. The Morgan fingerprint density at radius 1 is 1.00 bits per heavy atom. The Bertz CT molecular complexity index is 1170. The van der Waals surface area contributed by atoms with E-state index in [2.05, 4.69) is 5.32 Å². The lowest BCUT2D eigenvalue weighted by atomic mass is 10.2. The van der Waals surface area contributed by atoms with Crippen LogP contribution in [0.3, 0.4) is 0 Å². The summed E-state index contributed by atoms with van der Waals surface area (Å²) < 4.78 is 36.8. The number of ether oxygens (including phenoxy) is 2. The van der Waals surface area contributed by atoms with Gasteiger partial charge in [-0.05, 0) is 42.5 Å². The summed E-state index contributed by atoms with van der Waals surface area (Å²) in [5.41, 5.74) is 0.573. The van der Waals surface area contributed by atoms with E-state index in [-0.39, 0.29) is 5.69 Å². The molecule has 0 unspecified atom stereocenters. The lowest BCUT2D eigenvalue weighted by Crippen LogP contribution is -2.37. The van der Waals surface area contributed by atoms with Gasteiger partial charge in [-0.2, -0.15) is 0 Å². The van der Waals surface area contributed by atoms with Gasteiger partial charge in [-0.3, -0.25) is 9.10 Å². The van der Waals surface area contributed by atoms with E-state index in [1.54, 1.807) is 48.5 Å². The monoisotopic (exact) mass is 460 g/mol. The van der Waals surface area contributed by atoms with Crippen molar-refractivity contribution in [2.24, 2.45) is 0 Å². The smallest absolute Gasteiger partial charge is 0.245 e. The molecule has 31 heavy (non-hydrogen) atoms. The molecule has 0 spiro atoms. The van der Waals surface area contributed by atoms with E-state index in [0.29, 0.717) is 28.0 Å². The molecule has 0 heterocycles. The maximum atomic E-state index is 12.8. The number of halogens is 1. The van der Waals surface area contributed by atoms with E-state index >= 15 is 0 Å². The lowest BCUT2D eigenvalue weighted by Gasteiger charge is -2.24. The van der Waals surface area contributed by atoms with Gasteiger partial charge in [-0.25, -0.2) is 8.42 Å². The molecule has 0 bridgehead atoms. The predicted octanol–water partition coefficient (Wildman–Crippen LogP) is 4.55. The van der Waals surface area contributed by atoms with Crippen LogP contribution in [0, 0.1) is 0 Å². The van der Waals surface area contributed by atoms with Crippen molar-refractivity contribution < 1.29 is 22.7 Å². The number of rotatable bonds is 8. The van der Waals surface area contributed by atoms with Gasteiger partial charge in [0.1, 0.15) is 18.0 Å². The molecule has 0 aliphatic rings. The Morgan fingerprint density at radius 2 is 1.68 bits per heavy atom. The molecule has 0 saturated heterocycles. The molecular formula is C22H21ClN2O5S. The Kier molecular flexibility index (Phi) is 7.04. The minimum absolute atomic E-state index is 0.259. The summed E-state index contributed by atoms with van der Waals surface area (Å²) in [6.45, 7) is -0.462. The number of methoxy groups -OCH3 is 1. The number of hydrogen-bond acceptors (Lipinski definition) is 5. The Labute approximate surface area is 186 Å². The number of para-hydroxylation sites is 3. The fourth-order valence-electron chi connectivity index (χ4n) is 2.84. The van der Waals surface area contributed by atoms with Crippen molar-refractivity contribution in [3.63, 3.8) is 0 Å².